The molecule has 0 aliphatic rings. The quantitative estimate of drug-likeness (QED) is 0.480. The third kappa shape index (κ3) is 3.62. The van der Waals surface area contributed by atoms with E-state index in [4.69, 9.17) is 11.2 Å². The van der Waals surface area contributed by atoms with Crippen molar-refractivity contribution in [3.8, 4) is 23.8 Å². The van der Waals surface area contributed by atoms with E-state index in [1.807, 2.05) is 0 Å². The van der Waals surface area contributed by atoms with Gasteiger partial charge < -0.3 is 9.26 Å². The van der Waals surface area contributed by atoms with Crippen LogP contribution < -0.4 is 15.0 Å². The molecule has 0 radical (unpaired) electrons. The number of ether oxygens (including phenoxy) is 1. The van der Waals surface area contributed by atoms with E-state index in [0.29, 0.717) is 10.9 Å². The number of pyridine rings is 1. The molecule has 0 amide bonds. The molecule has 156 valence electrons. The fraction of sp³-hybridized carbons (Fsp3) is 0.0476. The SMILES string of the molecule is C#Cc1cc(OC)c(-n2c(=O)ccc3cc(S(=O)(=O)Nc4ccon4)ccc32)cc1F. The van der Waals surface area contributed by atoms with Crippen LogP contribution in [0.3, 0.4) is 0 Å². The summed E-state index contributed by atoms with van der Waals surface area (Å²) >= 11 is 0. The fourth-order valence-electron chi connectivity index (χ4n) is 3.09. The lowest BCUT2D eigenvalue weighted by atomic mass is 10.1. The molecular weight excluding hydrogens is 425 g/mol. The van der Waals surface area contributed by atoms with E-state index in [9.17, 15) is 17.6 Å². The first-order valence-corrected chi connectivity index (χ1v) is 10.3. The molecule has 0 saturated carbocycles. The molecule has 2 aromatic carbocycles. The van der Waals surface area contributed by atoms with Gasteiger partial charge in [0.15, 0.2) is 5.82 Å². The van der Waals surface area contributed by atoms with E-state index < -0.39 is 21.4 Å². The number of rotatable bonds is 5. The van der Waals surface area contributed by atoms with Crippen LogP contribution in [0.1, 0.15) is 5.56 Å². The van der Waals surface area contributed by atoms with Gasteiger partial charge in [-0.1, -0.05) is 11.1 Å². The minimum atomic E-state index is -3.96. The highest BCUT2D eigenvalue weighted by Crippen LogP contribution is 2.29. The monoisotopic (exact) mass is 439 g/mol. The molecule has 31 heavy (non-hydrogen) atoms. The number of sulfonamides is 1. The highest BCUT2D eigenvalue weighted by atomic mass is 32.2. The van der Waals surface area contributed by atoms with Gasteiger partial charge in [0.25, 0.3) is 15.6 Å². The molecule has 0 saturated heterocycles. The van der Waals surface area contributed by atoms with E-state index >= 15 is 0 Å². The lowest BCUT2D eigenvalue weighted by molar-refractivity contribution is 0.411. The van der Waals surface area contributed by atoms with Crippen LogP contribution in [0.15, 0.2) is 69.0 Å². The first-order chi connectivity index (χ1) is 14.8. The predicted molar refractivity (Wildman–Crippen MR) is 111 cm³/mol. The van der Waals surface area contributed by atoms with Gasteiger partial charge in [0.05, 0.1) is 28.8 Å². The van der Waals surface area contributed by atoms with Crippen molar-refractivity contribution < 1.29 is 22.1 Å². The predicted octanol–water partition coefficient (Wildman–Crippen LogP) is 2.91. The largest absolute Gasteiger partial charge is 0.495 e. The van der Waals surface area contributed by atoms with Crippen molar-refractivity contribution >= 4 is 26.7 Å². The number of benzene rings is 2. The molecule has 10 heteroatoms. The number of aromatic nitrogens is 2. The molecule has 0 atom stereocenters. The standard InChI is InChI=1S/C21H14FN3O5S/c1-3-13-11-19(29-2)18(12-16(13)22)25-17-6-5-15(10-14(17)4-7-21(25)26)31(27,28)24-20-8-9-30-23-20/h1,4-12H,2H3,(H,23,24). The lowest BCUT2D eigenvalue weighted by Crippen LogP contribution is -2.19. The molecule has 4 rings (SSSR count). The maximum absolute atomic E-state index is 14.4. The Kier molecular flexibility index (Phi) is 4.96. The van der Waals surface area contributed by atoms with Crippen molar-refractivity contribution in [3.63, 3.8) is 0 Å². The molecule has 0 aliphatic carbocycles. The molecule has 2 heterocycles. The molecular formula is C21H14FN3O5S. The normalized spacial score (nSPS) is 11.3. The third-order valence-corrected chi connectivity index (χ3v) is 5.87. The summed E-state index contributed by atoms with van der Waals surface area (Å²) in [7, 11) is -2.59. The van der Waals surface area contributed by atoms with Gasteiger partial charge in [0.1, 0.15) is 17.8 Å². The number of hydrogen-bond donors (Lipinski definition) is 1. The van der Waals surface area contributed by atoms with Crippen molar-refractivity contribution in [3.05, 3.63) is 76.5 Å². The van der Waals surface area contributed by atoms with E-state index in [1.54, 1.807) is 0 Å². The number of nitrogens with zero attached hydrogens (tertiary/aromatic N) is 2. The maximum atomic E-state index is 14.4. The lowest BCUT2D eigenvalue weighted by Gasteiger charge is -2.15. The zero-order chi connectivity index (χ0) is 22.2. The van der Waals surface area contributed by atoms with Crippen molar-refractivity contribution in [1.82, 2.24) is 9.72 Å². The number of methoxy groups -OCH3 is 1. The number of terminal acetylenes is 1. The second-order valence-electron chi connectivity index (χ2n) is 6.37. The molecule has 0 fully saturated rings. The van der Waals surface area contributed by atoms with Crippen LogP contribution in [0.2, 0.25) is 0 Å². The Balaban J connectivity index is 1.90. The molecule has 4 aromatic rings. The van der Waals surface area contributed by atoms with Crippen molar-refractivity contribution in [2.24, 2.45) is 0 Å². The molecule has 0 unspecified atom stereocenters. The number of halogens is 1. The van der Waals surface area contributed by atoms with Crippen molar-refractivity contribution in [1.29, 1.82) is 0 Å². The Morgan fingerprint density at radius 3 is 2.68 bits per heavy atom. The second kappa shape index (κ2) is 7.62. The average Bonchev–Trinajstić information content (AvgIpc) is 3.25. The highest BCUT2D eigenvalue weighted by Gasteiger charge is 2.19. The molecule has 0 aliphatic heterocycles. The maximum Gasteiger partial charge on any atom is 0.263 e. The topological polar surface area (TPSA) is 103 Å². The van der Waals surface area contributed by atoms with Gasteiger partial charge in [-0.2, -0.15) is 0 Å². The van der Waals surface area contributed by atoms with Crippen LogP contribution in [0, 0.1) is 18.2 Å². The smallest absolute Gasteiger partial charge is 0.263 e. The van der Waals surface area contributed by atoms with Gasteiger partial charge >= 0.3 is 0 Å². The van der Waals surface area contributed by atoms with Gasteiger partial charge in [-0.25, -0.2) is 12.8 Å². The Labute approximate surface area is 175 Å². The van der Waals surface area contributed by atoms with E-state index in [0.717, 1.165) is 6.07 Å². The molecule has 8 nitrogen and oxygen atoms in total. The summed E-state index contributed by atoms with van der Waals surface area (Å²) in [5, 5.41) is 3.94. The summed E-state index contributed by atoms with van der Waals surface area (Å²) in [6.07, 6.45) is 6.53. The first-order valence-electron chi connectivity index (χ1n) is 8.77. The van der Waals surface area contributed by atoms with Crippen LogP contribution in [-0.4, -0.2) is 25.3 Å². The minimum Gasteiger partial charge on any atom is -0.495 e. The zero-order valence-electron chi connectivity index (χ0n) is 16.0. The number of hydrogen-bond acceptors (Lipinski definition) is 6. The van der Waals surface area contributed by atoms with E-state index in [1.165, 1.54) is 60.4 Å². The van der Waals surface area contributed by atoms with Crippen molar-refractivity contribution in [2.75, 3.05) is 11.8 Å². The van der Waals surface area contributed by atoms with Gasteiger partial charge in [-0.3, -0.25) is 14.1 Å². The summed E-state index contributed by atoms with van der Waals surface area (Å²) in [6.45, 7) is 0. The Morgan fingerprint density at radius 1 is 1.19 bits per heavy atom. The summed E-state index contributed by atoms with van der Waals surface area (Å²) in [5.41, 5.74) is 0.00107. The fourth-order valence-corrected chi connectivity index (χ4v) is 4.12. The number of nitrogens with one attached hydrogen (secondary N) is 1. The summed E-state index contributed by atoms with van der Waals surface area (Å²) in [5.74, 6) is 1.73. The Morgan fingerprint density at radius 2 is 2.00 bits per heavy atom. The van der Waals surface area contributed by atoms with Crippen LogP contribution in [-0.2, 0) is 10.0 Å². The van der Waals surface area contributed by atoms with E-state index in [2.05, 4.69) is 20.3 Å². The Hall–Kier alpha value is -4.10. The third-order valence-electron chi connectivity index (χ3n) is 4.52. The minimum absolute atomic E-state index is 0.0128. The number of anilines is 1. The van der Waals surface area contributed by atoms with E-state index in [-0.39, 0.29) is 27.7 Å². The molecule has 1 N–H and O–H groups in total. The van der Waals surface area contributed by atoms with Crippen LogP contribution in [0.5, 0.6) is 5.75 Å². The summed E-state index contributed by atoms with van der Waals surface area (Å²) in [6, 6.07) is 10.6. The highest BCUT2D eigenvalue weighted by molar-refractivity contribution is 7.92. The van der Waals surface area contributed by atoms with Crippen LogP contribution in [0.4, 0.5) is 10.2 Å². The summed E-state index contributed by atoms with van der Waals surface area (Å²) in [4.78, 5) is 12.6. The van der Waals surface area contributed by atoms with Gasteiger partial charge in [-0.15, -0.1) is 6.42 Å². The van der Waals surface area contributed by atoms with Crippen LogP contribution in [0.25, 0.3) is 16.6 Å². The van der Waals surface area contributed by atoms with Gasteiger partial charge in [0, 0.05) is 29.7 Å². The zero-order valence-corrected chi connectivity index (χ0v) is 16.8. The molecule has 0 spiro atoms. The summed E-state index contributed by atoms with van der Waals surface area (Å²) < 4.78 is 53.1. The Bertz CT molecular complexity index is 1500. The average molecular weight is 439 g/mol. The second-order valence-corrected chi connectivity index (χ2v) is 8.05. The van der Waals surface area contributed by atoms with Crippen LogP contribution >= 0.6 is 0 Å². The molecule has 2 aromatic heterocycles. The van der Waals surface area contributed by atoms with Gasteiger partial charge in [0.2, 0.25) is 0 Å². The first kappa shape index (κ1) is 20.2. The molecule has 0 bridgehead atoms. The number of fused-ring (bicyclic) bond motifs is 1. The van der Waals surface area contributed by atoms with Crippen molar-refractivity contribution in [2.45, 2.75) is 4.90 Å². The van der Waals surface area contributed by atoms with Gasteiger partial charge in [-0.05, 0) is 24.3 Å².